The van der Waals surface area contributed by atoms with Gasteiger partial charge in [-0.3, -0.25) is 4.79 Å². The average Bonchev–Trinajstić information content (AvgIpc) is 2.75. The Morgan fingerprint density at radius 1 is 1.42 bits per heavy atom. The number of carbonyl (C=O) groups is 1. The number of hydrogen-bond acceptors (Lipinski definition) is 4. The maximum Gasteiger partial charge on any atom is 0.225 e. The van der Waals surface area contributed by atoms with E-state index in [1.807, 2.05) is 27.7 Å². The van der Waals surface area contributed by atoms with E-state index in [-0.39, 0.29) is 11.3 Å². The van der Waals surface area contributed by atoms with E-state index in [0.717, 1.165) is 36.8 Å². The first-order chi connectivity index (χ1) is 8.86. The summed E-state index contributed by atoms with van der Waals surface area (Å²) in [4.78, 5) is 18.8. The maximum absolute atomic E-state index is 12.0. The van der Waals surface area contributed by atoms with E-state index >= 15 is 0 Å². The molecule has 1 saturated heterocycles. The molecule has 0 spiro atoms. The molecule has 5 heteroatoms. The molecule has 4 nitrogen and oxygen atoms in total. The van der Waals surface area contributed by atoms with E-state index in [1.165, 1.54) is 0 Å². The molecule has 1 fully saturated rings. The van der Waals surface area contributed by atoms with Crippen LogP contribution >= 0.6 is 11.3 Å². The van der Waals surface area contributed by atoms with Gasteiger partial charge >= 0.3 is 0 Å². The minimum Gasteiger partial charge on any atom is -0.353 e. The van der Waals surface area contributed by atoms with Crippen LogP contribution in [0.2, 0.25) is 0 Å². The fraction of sp³-hybridized carbons (Fsp3) is 0.714. The number of amides is 1. The molecular weight excluding hydrogens is 258 g/mol. The molecule has 1 N–H and O–H groups in total. The summed E-state index contributed by atoms with van der Waals surface area (Å²) in [6.45, 7) is 9.84. The molecule has 2 heterocycles. The number of thiazole rings is 1. The van der Waals surface area contributed by atoms with Gasteiger partial charge < -0.3 is 10.2 Å². The third-order valence-corrected chi connectivity index (χ3v) is 4.41. The SMILES string of the molecule is Cc1csc(N2CCC(NC(=O)C(C)(C)C)CC2)n1. The smallest absolute Gasteiger partial charge is 0.225 e. The second kappa shape index (κ2) is 5.49. The average molecular weight is 281 g/mol. The van der Waals surface area contributed by atoms with Gasteiger partial charge in [0, 0.05) is 29.9 Å². The normalized spacial score (nSPS) is 17.6. The Labute approximate surface area is 119 Å². The fourth-order valence-electron chi connectivity index (χ4n) is 2.10. The minimum atomic E-state index is -0.302. The topological polar surface area (TPSA) is 45.2 Å². The van der Waals surface area contributed by atoms with Crippen LogP contribution in [-0.4, -0.2) is 30.0 Å². The second-order valence-corrected chi connectivity index (χ2v) is 7.09. The highest BCUT2D eigenvalue weighted by Crippen LogP contribution is 2.24. The quantitative estimate of drug-likeness (QED) is 0.906. The van der Waals surface area contributed by atoms with E-state index in [0.29, 0.717) is 6.04 Å². The van der Waals surface area contributed by atoms with Crippen molar-refractivity contribution in [3.8, 4) is 0 Å². The Balaban J connectivity index is 1.84. The molecule has 1 amide bonds. The summed E-state index contributed by atoms with van der Waals surface area (Å²) in [7, 11) is 0. The number of aryl methyl sites for hydroxylation is 1. The molecule has 0 radical (unpaired) electrons. The van der Waals surface area contributed by atoms with Gasteiger partial charge in [-0.15, -0.1) is 11.3 Å². The van der Waals surface area contributed by atoms with Gasteiger partial charge in [0.15, 0.2) is 5.13 Å². The number of carbonyl (C=O) groups excluding carboxylic acids is 1. The third-order valence-electron chi connectivity index (χ3n) is 3.39. The lowest BCUT2D eigenvalue weighted by Crippen LogP contribution is -2.47. The molecule has 0 aliphatic carbocycles. The number of anilines is 1. The second-order valence-electron chi connectivity index (χ2n) is 6.26. The first-order valence-electron chi connectivity index (χ1n) is 6.84. The molecule has 0 atom stereocenters. The van der Waals surface area contributed by atoms with Crippen molar-refractivity contribution in [3.63, 3.8) is 0 Å². The molecule has 19 heavy (non-hydrogen) atoms. The Kier molecular flexibility index (Phi) is 4.13. The minimum absolute atomic E-state index is 0.149. The molecule has 0 bridgehead atoms. The van der Waals surface area contributed by atoms with Crippen molar-refractivity contribution in [2.45, 2.75) is 46.6 Å². The van der Waals surface area contributed by atoms with E-state index < -0.39 is 0 Å². The Hall–Kier alpha value is -1.10. The lowest BCUT2D eigenvalue weighted by Gasteiger charge is -2.33. The Morgan fingerprint density at radius 3 is 2.53 bits per heavy atom. The van der Waals surface area contributed by atoms with Crippen molar-refractivity contribution in [1.82, 2.24) is 10.3 Å². The zero-order valence-electron chi connectivity index (χ0n) is 12.2. The molecule has 106 valence electrons. The van der Waals surface area contributed by atoms with Crippen LogP contribution in [-0.2, 0) is 4.79 Å². The highest BCUT2D eigenvalue weighted by atomic mass is 32.1. The van der Waals surface area contributed by atoms with Gasteiger partial charge in [0.2, 0.25) is 5.91 Å². The monoisotopic (exact) mass is 281 g/mol. The van der Waals surface area contributed by atoms with Crippen LogP contribution in [0.15, 0.2) is 5.38 Å². The van der Waals surface area contributed by atoms with Crippen LogP contribution in [0.5, 0.6) is 0 Å². The number of nitrogens with zero attached hydrogens (tertiary/aromatic N) is 2. The summed E-state index contributed by atoms with van der Waals surface area (Å²) in [6, 6.07) is 0.309. The van der Waals surface area contributed by atoms with Gasteiger partial charge in [0.25, 0.3) is 0 Å². The summed E-state index contributed by atoms with van der Waals surface area (Å²) in [6.07, 6.45) is 2.00. The first-order valence-corrected chi connectivity index (χ1v) is 7.72. The van der Waals surface area contributed by atoms with Gasteiger partial charge in [-0.1, -0.05) is 20.8 Å². The van der Waals surface area contributed by atoms with Crippen LogP contribution in [0.1, 0.15) is 39.3 Å². The third kappa shape index (κ3) is 3.69. The Bertz CT molecular complexity index is 442. The van der Waals surface area contributed by atoms with Gasteiger partial charge in [0.05, 0.1) is 5.69 Å². The lowest BCUT2D eigenvalue weighted by molar-refractivity contribution is -0.129. The molecule has 2 rings (SSSR count). The zero-order chi connectivity index (χ0) is 14.0. The van der Waals surface area contributed by atoms with Crippen molar-refractivity contribution >= 4 is 22.4 Å². The molecular formula is C14H23N3OS. The van der Waals surface area contributed by atoms with Crippen LogP contribution in [0.3, 0.4) is 0 Å². The summed E-state index contributed by atoms with van der Waals surface area (Å²) < 4.78 is 0. The zero-order valence-corrected chi connectivity index (χ0v) is 13.0. The lowest BCUT2D eigenvalue weighted by atomic mass is 9.94. The predicted octanol–water partition coefficient (Wildman–Crippen LogP) is 2.58. The van der Waals surface area contributed by atoms with Crippen molar-refractivity contribution < 1.29 is 4.79 Å². The van der Waals surface area contributed by atoms with E-state index in [9.17, 15) is 4.79 Å². The number of hydrogen-bond donors (Lipinski definition) is 1. The maximum atomic E-state index is 12.0. The van der Waals surface area contributed by atoms with E-state index in [4.69, 9.17) is 0 Å². The van der Waals surface area contributed by atoms with E-state index in [2.05, 4.69) is 20.6 Å². The molecule has 1 aromatic rings. The van der Waals surface area contributed by atoms with Crippen LogP contribution in [0.25, 0.3) is 0 Å². The molecule has 0 aromatic carbocycles. The number of piperidine rings is 1. The molecule has 0 unspecified atom stereocenters. The fourth-order valence-corrected chi connectivity index (χ4v) is 2.96. The molecule has 1 aliphatic rings. The number of aromatic nitrogens is 1. The van der Waals surface area contributed by atoms with E-state index in [1.54, 1.807) is 11.3 Å². The van der Waals surface area contributed by atoms with Crippen LogP contribution in [0, 0.1) is 12.3 Å². The van der Waals surface area contributed by atoms with Crippen molar-refractivity contribution in [3.05, 3.63) is 11.1 Å². The first kappa shape index (κ1) is 14.3. The number of nitrogens with one attached hydrogen (secondary N) is 1. The Morgan fingerprint density at radius 2 is 2.05 bits per heavy atom. The van der Waals surface area contributed by atoms with Gasteiger partial charge in [-0.2, -0.15) is 0 Å². The predicted molar refractivity (Wildman–Crippen MR) is 79.7 cm³/mol. The number of rotatable bonds is 2. The standard InChI is InChI=1S/C14H23N3OS/c1-10-9-19-13(15-10)17-7-5-11(6-8-17)16-12(18)14(2,3)4/h9,11H,5-8H2,1-4H3,(H,16,18). The van der Waals surface area contributed by atoms with Gasteiger partial charge in [0.1, 0.15) is 0 Å². The van der Waals surface area contributed by atoms with Crippen LogP contribution in [0.4, 0.5) is 5.13 Å². The molecule has 1 aliphatic heterocycles. The highest BCUT2D eigenvalue weighted by Gasteiger charge is 2.27. The van der Waals surface area contributed by atoms with Gasteiger partial charge in [-0.05, 0) is 19.8 Å². The largest absolute Gasteiger partial charge is 0.353 e. The van der Waals surface area contributed by atoms with Crippen molar-refractivity contribution in [1.29, 1.82) is 0 Å². The highest BCUT2D eigenvalue weighted by molar-refractivity contribution is 7.13. The molecule has 0 saturated carbocycles. The summed E-state index contributed by atoms with van der Waals surface area (Å²) in [5.41, 5.74) is 0.784. The summed E-state index contributed by atoms with van der Waals surface area (Å²) in [5, 5.41) is 6.35. The summed E-state index contributed by atoms with van der Waals surface area (Å²) in [5.74, 6) is 0.149. The van der Waals surface area contributed by atoms with Crippen molar-refractivity contribution in [2.75, 3.05) is 18.0 Å². The van der Waals surface area contributed by atoms with Crippen LogP contribution < -0.4 is 10.2 Å². The van der Waals surface area contributed by atoms with Crippen molar-refractivity contribution in [2.24, 2.45) is 5.41 Å². The van der Waals surface area contributed by atoms with Gasteiger partial charge in [-0.25, -0.2) is 4.98 Å². The summed E-state index contributed by atoms with van der Waals surface area (Å²) >= 11 is 1.70. The molecule has 1 aromatic heterocycles.